The number of hydrogen-bond donors (Lipinski definition) is 0. The summed E-state index contributed by atoms with van der Waals surface area (Å²) in [6, 6.07) is 7.03. The van der Waals surface area contributed by atoms with Gasteiger partial charge in [-0.1, -0.05) is 12.1 Å². The summed E-state index contributed by atoms with van der Waals surface area (Å²) in [5.41, 5.74) is -13.6. The molecule has 322 valence electrons. The van der Waals surface area contributed by atoms with Crippen LogP contribution in [-0.2, 0) is 21.7 Å². The van der Waals surface area contributed by atoms with E-state index in [4.69, 9.17) is 0 Å². The Hall–Kier alpha value is -5.07. The zero-order chi connectivity index (χ0) is 45.8. The molecule has 1 unspecified atom stereocenters. The van der Waals surface area contributed by atoms with Crippen molar-refractivity contribution in [3.63, 3.8) is 0 Å². The fourth-order valence-electron chi connectivity index (χ4n) is 6.05. The van der Waals surface area contributed by atoms with Crippen molar-refractivity contribution < 1.29 is 96.8 Å². The van der Waals surface area contributed by atoms with Gasteiger partial charge in [-0.3, -0.25) is 9.00 Å². The predicted molar refractivity (Wildman–Crippen MR) is 176 cm³/mol. The van der Waals surface area contributed by atoms with Crippen molar-refractivity contribution in [3.05, 3.63) is 146 Å². The van der Waals surface area contributed by atoms with Gasteiger partial charge in [0.15, 0.2) is 75.6 Å². The Bertz CT molecular complexity index is 2220. The molecule has 5 aromatic carbocycles. The summed E-state index contributed by atoms with van der Waals surface area (Å²) in [7, 11) is -0.841. The van der Waals surface area contributed by atoms with E-state index in [9.17, 15) is 61.7 Å². The Labute approximate surface area is 327 Å². The monoisotopic (exact) mass is 922 g/mol. The minimum Gasteiger partial charge on any atom is -0.289 e. The van der Waals surface area contributed by atoms with Crippen LogP contribution in [0.3, 0.4) is 0 Å². The molecule has 0 saturated carbocycles. The van der Waals surface area contributed by atoms with Crippen LogP contribution in [0.1, 0.15) is 10.4 Å². The first-order chi connectivity index (χ1) is 27.7. The maximum atomic E-state index is 15.4. The first-order valence-electron chi connectivity index (χ1n) is 15.4. The first kappa shape index (κ1) is 47.6. The van der Waals surface area contributed by atoms with Crippen LogP contribution in [0, 0.1) is 116 Å². The molecule has 0 aromatic heterocycles. The number of halogens is 20. The molecule has 1 atom stereocenters. The Morgan fingerprint density at radius 3 is 0.800 bits per heavy atom. The second-order valence-corrected chi connectivity index (χ2v) is 16.0. The summed E-state index contributed by atoms with van der Waals surface area (Å²) in [5, 5.41) is 0. The van der Waals surface area contributed by atoms with E-state index < -0.39 is 155 Å². The molecule has 0 radical (unpaired) electrons. The fourth-order valence-corrected chi connectivity index (χ4v) is 7.26. The van der Waals surface area contributed by atoms with Gasteiger partial charge in [0.1, 0.15) is 52.7 Å². The van der Waals surface area contributed by atoms with E-state index in [0.29, 0.717) is 11.3 Å². The highest BCUT2D eigenvalue weighted by Gasteiger charge is 2.52. The van der Waals surface area contributed by atoms with E-state index in [0.717, 1.165) is 4.90 Å². The van der Waals surface area contributed by atoms with Crippen LogP contribution in [0.5, 0.6) is 0 Å². The lowest BCUT2D eigenvalue weighted by Gasteiger charge is -2.44. The van der Waals surface area contributed by atoms with Gasteiger partial charge in [0.25, 0.3) is 0 Å². The lowest BCUT2D eigenvalue weighted by molar-refractivity contribution is 0.102. The summed E-state index contributed by atoms with van der Waals surface area (Å²) < 4.78 is 305. The number of rotatable bonds is 8. The van der Waals surface area contributed by atoms with Crippen molar-refractivity contribution >= 4 is 55.5 Å². The lowest BCUT2D eigenvalue weighted by atomic mass is 9.12. The maximum Gasteiger partial charge on any atom is 0.211 e. The molecule has 5 aromatic rings. The van der Waals surface area contributed by atoms with Crippen molar-refractivity contribution in [1.82, 2.24) is 0 Å². The fraction of sp³-hybridized carbons (Fsp3) is 0.114. The third kappa shape index (κ3) is 7.61. The molecule has 0 spiro atoms. The summed E-state index contributed by atoms with van der Waals surface area (Å²) in [5.74, 6) is -70.6. The van der Waals surface area contributed by atoms with Gasteiger partial charge >= 0.3 is 0 Å². The average molecular weight is 922 g/mol. The van der Waals surface area contributed by atoms with Crippen molar-refractivity contribution in [2.75, 3.05) is 24.5 Å². The van der Waals surface area contributed by atoms with Gasteiger partial charge in [-0.05, 0) is 23.0 Å². The average Bonchev–Trinajstić information content (AvgIpc) is 3.20. The normalized spacial score (nSPS) is 12.2. The standard InChI is InChI=1S/C24BF20.C11H15O2S2/c26-5-1(6(27)14(35)21(42)13(5)34)25(2-7(28)15(36)22(43)16(37)8(2)29,3-9(30)17(38)23(44)18(39)10(3)31)4-11(32)19(40)24(45)20(41)12(4)33;1-14(2)8-11(12)9-4-6-10(7-5-9)15(3)13/h;4-7H,8H2,1-3H3/q-1;+1. The largest absolute Gasteiger partial charge is 0.289 e. The molecular formula is C35H15BF20O2S2. The lowest BCUT2D eigenvalue weighted by Crippen LogP contribution is -2.81. The van der Waals surface area contributed by atoms with E-state index in [-0.39, 0.29) is 16.7 Å². The minimum atomic E-state index is -7.22. The van der Waals surface area contributed by atoms with Crippen LogP contribution in [0.4, 0.5) is 87.8 Å². The van der Waals surface area contributed by atoms with Crippen molar-refractivity contribution in [1.29, 1.82) is 0 Å². The molecule has 25 heteroatoms. The van der Waals surface area contributed by atoms with E-state index in [1.165, 1.54) is 0 Å². The number of benzene rings is 5. The van der Waals surface area contributed by atoms with Crippen LogP contribution in [0.25, 0.3) is 0 Å². The predicted octanol–water partition coefficient (Wildman–Crippen LogP) is 7.33. The molecule has 0 fully saturated rings. The highest BCUT2D eigenvalue weighted by molar-refractivity contribution is 7.96. The number of carbonyl (C=O) groups is 1. The van der Waals surface area contributed by atoms with E-state index in [1.54, 1.807) is 30.5 Å². The summed E-state index contributed by atoms with van der Waals surface area (Å²) in [6.45, 7) is 0. The Kier molecular flexibility index (Phi) is 13.9. The summed E-state index contributed by atoms with van der Waals surface area (Å²) in [4.78, 5) is 12.4. The zero-order valence-electron chi connectivity index (χ0n) is 29.3. The van der Waals surface area contributed by atoms with Crippen LogP contribution < -0.4 is 21.9 Å². The third-order valence-electron chi connectivity index (χ3n) is 8.64. The smallest absolute Gasteiger partial charge is 0.211 e. The Morgan fingerprint density at radius 2 is 0.617 bits per heavy atom. The van der Waals surface area contributed by atoms with Gasteiger partial charge < -0.3 is 0 Å². The molecular weight excluding hydrogens is 907 g/mol. The van der Waals surface area contributed by atoms with Crippen LogP contribution >= 0.6 is 0 Å². The van der Waals surface area contributed by atoms with Gasteiger partial charge in [0.2, 0.25) is 5.78 Å². The molecule has 0 saturated heterocycles. The molecule has 0 aliphatic carbocycles. The molecule has 0 aliphatic rings. The van der Waals surface area contributed by atoms with Crippen LogP contribution in [0.15, 0.2) is 29.2 Å². The van der Waals surface area contributed by atoms with Gasteiger partial charge in [0.05, 0.1) is 12.5 Å². The number of ketones is 1. The quantitative estimate of drug-likeness (QED) is 0.0409. The molecule has 0 heterocycles. The molecule has 60 heavy (non-hydrogen) atoms. The second kappa shape index (κ2) is 17.5. The second-order valence-electron chi connectivity index (χ2n) is 12.3. The minimum absolute atomic E-state index is 0.130. The van der Waals surface area contributed by atoms with E-state index in [2.05, 4.69) is 0 Å². The van der Waals surface area contributed by atoms with Gasteiger partial charge in [-0.15, -0.1) is 21.9 Å². The SMILES string of the molecule is CS(=O)c1ccc(C(=O)C[S+](C)C)cc1.Fc1c(F)c(F)c([B-](c2c(F)c(F)c(F)c(F)c2F)(c2c(F)c(F)c(F)c(F)c2F)c2c(F)c(F)c(F)c(F)c2F)c(F)c1F. The highest BCUT2D eigenvalue weighted by atomic mass is 32.2. The van der Waals surface area contributed by atoms with E-state index >= 15 is 35.1 Å². The summed E-state index contributed by atoms with van der Waals surface area (Å²) >= 11 is 0. The van der Waals surface area contributed by atoms with Gasteiger partial charge in [0, 0.05) is 27.5 Å². The van der Waals surface area contributed by atoms with Gasteiger partial charge in [-0.2, -0.15) is 0 Å². The first-order valence-corrected chi connectivity index (χ1v) is 19.2. The van der Waals surface area contributed by atoms with E-state index in [1.807, 2.05) is 12.5 Å². The number of Topliss-reactive ketones (excluding diaryl/α,β-unsaturated/α-hetero) is 1. The molecule has 0 N–H and O–H groups in total. The molecule has 0 amide bonds. The van der Waals surface area contributed by atoms with Crippen molar-refractivity contribution in [3.8, 4) is 0 Å². The van der Waals surface area contributed by atoms with Crippen LogP contribution in [-0.4, -0.2) is 40.7 Å². The molecule has 0 aliphatic heterocycles. The highest BCUT2D eigenvalue weighted by Crippen LogP contribution is 2.30. The van der Waals surface area contributed by atoms with Crippen molar-refractivity contribution in [2.45, 2.75) is 4.90 Å². The molecule has 5 rings (SSSR count). The Morgan fingerprint density at radius 1 is 0.417 bits per heavy atom. The maximum absolute atomic E-state index is 15.4. The third-order valence-corrected chi connectivity index (χ3v) is 10.4. The number of carbonyl (C=O) groups excluding carboxylic acids is 1. The summed E-state index contributed by atoms with van der Waals surface area (Å²) in [6.07, 6.45) is -1.49. The molecule has 2 nitrogen and oxygen atoms in total. The molecule has 0 bridgehead atoms. The van der Waals surface area contributed by atoms with Gasteiger partial charge in [-0.25, -0.2) is 87.8 Å². The zero-order valence-corrected chi connectivity index (χ0v) is 30.9. The van der Waals surface area contributed by atoms with Crippen molar-refractivity contribution in [2.24, 2.45) is 0 Å². The topological polar surface area (TPSA) is 34.1 Å². The number of hydrogen-bond acceptors (Lipinski definition) is 2. The van der Waals surface area contributed by atoms with Crippen LogP contribution in [0.2, 0.25) is 0 Å². The Balaban J connectivity index is 0.000000445.